The lowest BCUT2D eigenvalue weighted by Crippen LogP contribution is -2.22. The molecule has 0 fully saturated rings. The first kappa shape index (κ1) is 12.4. The van der Waals surface area contributed by atoms with Crippen molar-refractivity contribution in [1.29, 1.82) is 0 Å². The Balaban J connectivity index is 1.52. The number of fused-ring (bicyclic) bond motifs is 1. The molecular formula is C14H14N4O2. The number of nitrogens with zero attached hydrogens (tertiary/aromatic N) is 2. The lowest BCUT2D eigenvalue weighted by molar-refractivity contribution is -0.121. The molecule has 3 rings (SSSR count). The third-order valence-corrected chi connectivity index (χ3v) is 2.94. The number of aromatic nitrogens is 3. The molecule has 0 spiro atoms. The Morgan fingerprint density at radius 3 is 3.10 bits per heavy atom. The van der Waals surface area contributed by atoms with Gasteiger partial charge < -0.3 is 14.7 Å². The highest BCUT2D eigenvalue weighted by atomic mass is 16.3. The van der Waals surface area contributed by atoms with Gasteiger partial charge >= 0.3 is 0 Å². The number of hydrogen-bond acceptors (Lipinski definition) is 4. The van der Waals surface area contributed by atoms with E-state index in [1.807, 2.05) is 18.2 Å². The molecule has 3 heterocycles. The molecule has 0 aliphatic heterocycles. The molecule has 0 aliphatic rings. The maximum Gasteiger partial charge on any atom is 0.220 e. The molecule has 3 aromatic rings. The zero-order valence-corrected chi connectivity index (χ0v) is 10.8. The normalized spacial score (nSPS) is 10.8. The Bertz CT molecular complexity index is 670. The summed E-state index contributed by atoms with van der Waals surface area (Å²) in [6.45, 7) is 0.410. The summed E-state index contributed by atoms with van der Waals surface area (Å²) in [5.74, 6) is 1.48. The number of imidazole rings is 1. The first-order valence-corrected chi connectivity index (χ1v) is 6.40. The standard InChI is InChI=1S/C14H14N4O2/c19-13(16-9-10-3-2-8-20-10)6-5-12-17-11-4-1-7-15-14(11)18-12/h1-4,7-8H,5-6,9H2,(H,16,19)(H,15,17,18). The summed E-state index contributed by atoms with van der Waals surface area (Å²) < 4.78 is 5.15. The molecule has 102 valence electrons. The average molecular weight is 270 g/mol. The van der Waals surface area contributed by atoms with E-state index in [-0.39, 0.29) is 5.91 Å². The van der Waals surface area contributed by atoms with Crippen LogP contribution in [0.1, 0.15) is 18.0 Å². The molecule has 0 saturated carbocycles. The van der Waals surface area contributed by atoms with E-state index < -0.39 is 0 Å². The molecule has 0 aromatic carbocycles. The number of carbonyl (C=O) groups is 1. The van der Waals surface area contributed by atoms with E-state index in [2.05, 4.69) is 20.3 Å². The third kappa shape index (κ3) is 2.85. The molecule has 6 nitrogen and oxygen atoms in total. The highest BCUT2D eigenvalue weighted by molar-refractivity contribution is 5.76. The summed E-state index contributed by atoms with van der Waals surface area (Å²) >= 11 is 0. The third-order valence-electron chi connectivity index (χ3n) is 2.94. The van der Waals surface area contributed by atoms with Crippen LogP contribution in [0.2, 0.25) is 0 Å². The van der Waals surface area contributed by atoms with Crippen LogP contribution >= 0.6 is 0 Å². The van der Waals surface area contributed by atoms with Crippen LogP contribution in [0.3, 0.4) is 0 Å². The SMILES string of the molecule is O=C(CCc1nc2ncccc2[nH]1)NCc1ccco1. The lowest BCUT2D eigenvalue weighted by Gasteiger charge is -2.01. The molecule has 0 radical (unpaired) electrons. The molecule has 0 aliphatic carbocycles. The van der Waals surface area contributed by atoms with Crippen molar-refractivity contribution >= 4 is 17.1 Å². The Hall–Kier alpha value is -2.63. The second-order valence-corrected chi connectivity index (χ2v) is 4.41. The maximum absolute atomic E-state index is 11.7. The van der Waals surface area contributed by atoms with E-state index in [0.29, 0.717) is 25.0 Å². The number of amides is 1. The monoisotopic (exact) mass is 270 g/mol. The molecule has 0 bridgehead atoms. The minimum Gasteiger partial charge on any atom is -0.467 e. The van der Waals surface area contributed by atoms with Gasteiger partial charge in [-0.3, -0.25) is 4.79 Å². The van der Waals surface area contributed by atoms with E-state index in [1.165, 1.54) is 0 Å². The minimum absolute atomic E-state index is 0.0326. The van der Waals surface area contributed by atoms with Gasteiger partial charge in [-0.15, -0.1) is 0 Å². The van der Waals surface area contributed by atoms with Gasteiger partial charge in [0.2, 0.25) is 5.91 Å². The molecule has 20 heavy (non-hydrogen) atoms. The molecule has 0 saturated heterocycles. The number of carbonyl (C=O) groups excluding carboxylic acids is 1. The van der Waals surface area contributed by atoms with Crippen molar-refractivity contribution in [3.05, 3.63) is 48.3 Å². The van der Waals surface area contributed by atoms with Crippen LogP contribution in [0.5, 0.6) is 0 Å². The van der Waals surface area contributed by atoms with Crippen LogP contribution < -0.4 is 5.32 Å². The quantitative estimate of drug-likeness (QED) is 0.740. The number of nitrogens with one attached hydrogen (secondary N) is 2. The van der Waals surface area contributed by atoms with Crippen molar-refractivity contribution in [3.63, 3.8) is 0 Å². The van der Waals surface area contributed by atoms with Crippen LogP contribution in [0.15, 0.2) is 41.1 Å². The number of aryl methyl sites for hydroxylation is 1. The molecule has 0 unspecified atom stereocenters. The Kier molecular flexibility index (Phi) is 3.45. The fraction of sp³-hybridized carbons (Fsp3) is 0.214. The van der Waals surface area contributed by atoms with Gasteiger partial charge in [-0.05, 0) is 24.3 Å². The van der Waals surface area contributed by atoms with Crippen LogP contribution in [-0.4, -0.2) is 20.9 Å². The van der Waals surface area contributed by atoms with Gasteiger partial charge in [-0.1, -0.05) is 0 Å². The minimum atomic E-state index is -0.0326. The number of furan rings is 1. The molecule has 3 aromatic heterocycles. The predicted octanol–water partition coefficient (Wildman–Crippen LogP) is 1.80. The highest BCUT2D eigenvalue weighted by Crippen LogP contribution is 2.08. The van der Waals surface area contributed by atoms with Gasteiger partial charge in [0.25, 0.3) is 0 Å². The van der Waals surface area contributed by atoms with Gasteiger partial charge in [-0.25, -0.2) is 9.97 Å². The second kappa shape index (κ2) is 5.56. The van der Waals surface area contributed by atoms with Crippen molar-refractivity contribution < 1.29 is 9.21 Å². The summed E-state index contributed by atoms with van der Waals surface area (Å²) in [5.41, 5.74) is 1.57. The van der Waals surface area contributed by atoms with Gasteiger partial charge in [-0.2, -0.15) is 0 Å². The average Bonchev–Trinajstić information content (AvgIpc) is 3.11. The zero-order chi connectivity index (χ0) is 13.8. The number of aromatic amines is 1. The van der Waals surface area contributed by atoms with E-state index in [1.54, 1.807) is 18.5 Å². The van der Waals surface area contributed by atoms with Crippen LogP contribution in [0.4, 0.5) is 0 Å². The van der Waals surface area contributed by atoms with Crippen molar-refractivity contribution in [2.24, 2.45) is 0 Å². The first-order valence-electron chi connectivity index (χ1n) is 6.40. The highest BCUT2D eigenvalue weighted by Gasteiger charge is 2.07. The second-order valence-electron chi connectivity index (χ2n) is 4.41. The van der Waals surface area contributed by atoms with E-state index in [0.717, 1.165) is 17.1 Å². The summed E-state index contributed by atoms with van der Waals surface area (Å²) in [4.78, 5) is 23.3. The number of pyridine rings is 1. The summed E-state index contributed by atoms with van der Waals surface area (Å²) in [5, 5.41) is 2.80. The summed E-state index contributed by atoms with van der Waals surface area (Å²) in [6.07, 6.45) is 4.22. The van der Waals surface area contributed by atoms with Crippen LogP contribution in [0, 0.1) is 0 Å². The van der Waals surface area contributed by atoms with E-state index >= 15 is 0 Å². The van der Waals surface area contributed by atoms with Crippen molar-refractivity contribution in [2.75, 3.05) is 0 Å². The van der Waals surface area contributed by atoms with Crippen LogP contribution in [0.25, 0.3) is 11.2 Å². The molecule has 0 atom stereocenters. The smallest absolute Gasteiger partial charge is 0.220 e. The predicted molar refractivity (Wildman–Crippen MR) is 72.8 cm³/mol. The first-order chi connectivity index (χ1) is 9.81. The largest absolute Gasteiger partial charge is 0.467 e. The number of H-pyrrole nitrogens is 1. The topological polar surface area (TPSA) is 83.8 Å². The fourth-order valence-corrected chi connectivity index (χ4v) is 1.93. The molecule has 6 heteroatoms. The van der Waals surface area contributed by atoms with Crippen molar-refractivity contribution in [1.82, 2.24) is 20.3 Å². The summed E-state index contributed by atoms with van der Waals surface area (Å²) in [6, 6.07) is 7.38. The molecule has 2 N–H and O–H groups in total. The van der Waals surface area contributed by atoms with Gasteiger partial charge in [0, 0.05) is 19.0 Å². The Morgan fingerprint density at radius 1 is 1.35 bits per heavy atom. The van der Waals surface area contributed by atoms with Crippen LogP contribution in [-0.2, 0) is 17.8 Å². The van der Waals surface area contributed by atoms with Gasteiger partial charge in [0.05, 0.1) is 18.3 Å². The van der Waals surface area contributed by atoms with Crippen molar-refractivity contribution in [2.45, 2.75) is 19.4 Å². The summed E-state index contributed by atoms with van der Waals surface area (Å²) in [7, 11) is 0. The van der Waals surface area contributed by atoms with Gasteiger partial charge in [0.1, 0.15) is 11.6 Å². The van der Waals surface area contributed by atoms with Crippen molar-refractivity contribution in [3.8, 4) is 0 Å². The Labute approximate surface area is 115 Å². The fourth-order valence-electron chi connectivity index (χ4n) is 1.93. The molecule has 1 amide bonds. The zero-order valence-electron chi connectivity index (χ0n) is 10.8. The number of rotatable bonds is 5. The van der Waals surface area contributed by atoms with Gasteiger partial charge in [0.15, 0.2) is 5.65 Å². The molecular weight excluding hydrogens is 256 g/mol. The maximum atomic E-state index is 11.7. The van der Waals surface area contributed by atoms with E-state index in [9.17, 15) is 4.79 Å². The Morgan fingerprint density at radius 2 is 2.30 bits per heavy atom. The van der Waals surface area contributed by atoms with E-state index in [4.69, 9.17) is 4.42 Å². The number of hydrogen-bond donors (Lipinski definition) is 2. The lowest BCUT2D eigenvalue weighted by atomic mass is 10.3.